The normalized spacial score (nSPS) is 37.8. The molecule has 2 N–H and O–H groups in total. The molecule has 0 saturated heterocycles. The summed E-state index contributed by atoms with van der Waals surface area (Å²) >= 11 is 0. The lowest BCUT2D eigenvalue weighted by Gasteiger charge is -2.41. The van der Waals surface area contributed by atoms with E-state index in [1.807, 2.05) is 60.7 Å². The summed E-state index contributed by atoms with van der Waals surface area (Å²) in [6.45, 7) is 0. The van der Waals surface area contributed by atoms with Crippen molar-refractivity contribution in [1.29, 1.82) is 0 Å². The molecule has 0 radical (unpaired) electrons. The molecule has 21 heavy (non-hydrogen) atoms. The summed E-state index contributed by atoms with van der Waals surface area (Å²) in [5.74, 6) is 0.269. The summed E-state index contributed by atoms with van der Waals surface area (Å²) in [6, 6.07) is 19.9. The highest BCUT2D eigenvalue weighted by Crippen LogP contribution is 2.62. The third-order valence-corrected chi connectivity index (χ3v) is 5.58. The second-order valence-corrected chi connectivity index (χ2v) is 6.62. The van der Waals surface area contributed by atoms with E-state index in [2.05, 4.69) is 0 Å². The molecule has 0 amide bonds. The first-order valence-electron chi connectivity index (χ1n) is 7.69. The van der Waals surface area contributed by atoms with Gasteiger partial charge in [0.15, 0.2) is 0 Å². The van der Waals surface area contributed by atoms with Crippen LogP contribution in [0.25, 0.3) is 0 Å². The monoisotopic (exact) mass is 280 g/mol. The molecule has 0 aliphatic heterocycles. The third-order valence-electron chi connectivity index (χ3n) is 5.58. The van der Waals surface area contributed by atoms with Gasteiger partial charge in [-0.15, -0.1) is 0 Å². The second kappa shape index (κ2) is 4.43. The molecule has 0 aromatic heterocycles. The first kappa shape index (κ1) is 13.1. The van der Waals surface area contributed by atoms with E-state index in [-0.39, 0.29) is 11.8 Å². The number of fused-ring (bicyclic) bond motifs is 2. The van der Waals surface area contributed by atoms with Crippen molar-refractivity contribution in [3.05, 3.63) is 71.8 Å². The molecular weight excluding hydrogens is 260 g/mol. The molecule has 2 aliphatic rings. The maximum atomic E-state index is 11.1. The van der Waals surface area contributed by atoms with Crippen LogP contribution in [0.1, 0.15) is 30.4 Å². The lowest BCUT2D eigenvalue weighted by atomic mass is 9.70. The van der Waals surface area contributed by atoms with Crippen molar-refractivity contribution in [2.45, 2.75) is 30.5 Å². The quantitative estimate of drug-likeness (QED) is 0.887. The first-order valence-corrected chi connectivity index (χ1v) is 7.69. The molecular formula is C19H20O2. The van der Waals surface area contributed by atoms with Crippen molar-refractivity contribution in [2.24, 2.45) is 11.8 Å². The zero-order valence-electron chi connectivity index (χ0n) is 11.9. The van der Waals surface area contributed by atoms with Crippen LogP contribution in [0.3, 0.4) is 0 Å². The Hall–Kier alpha value is -1.64. The minimum Gasteiger partial charge on any atom is -0.385 e. The Morgan fingerprint density at radius 3 is 1.38 bits per heavy atom. The van der Waals surface area contributed by atoms with E-state index in [1.54, 1.807) is 0 Å². The molecule has 2 aromatic rings. The summed E-state index contributed by atoms with van der Waals surface area (Å²) in [4.78, 5) is 0. The molecule has 0 heterocycles. The van der Waals surface area contributed by atoms with Gasteiger partial charge in [0.25, 0.3) is 0 Å². The van der Waals surface area contributed by atoms with Crippen LogP contribution in [0.2, 0.25) is 0 Å². The highest BCUT2D eigenvalue weighted by atomic mass is 16.3. The Morgan fingerprint density at radius 1 is 0.667 bits per heavy atom. The lowest BCUT2D eigenvalue weighted by Crippen LogP contribution is -2.42. The van der Waals surface area contributed by atoms with Gasteiger partial charge in [-0.3, -0.25) is 0 Å². The van der Waals surface area contributed by atoms with Crippen LogP contribution in [-0.2, 0) is 11.2 Å². The van der Waals surface area contributed by atoms with Gasteiger partial charge in [-0.25, -0.2) is 0 Å². The van der Waals surface area contributed by atoms with Crippen molar-refractivity contribution < 1.29 is 10.2 Å². The SMILES string of the molecule is O[C@@]1(c2ccccc2)C[C@@H]2C[C@@H]1C[C@]2(O)c1ccccc1. The van der Waals surface area contributed by atoms with Crippen LogP contribution in [-0.4, -0.2) is 10.2 Å². The van der Waals surface area contributed by atoms with Crippen LogP contribution in [0.4, 0.5) is 0 Å². The molecule has 0 spiro atoms. The van der Waals surface area contributed by atoms with E-state index in [0.29, 0.717) is 12.8 Å². The molecule has 2 saturated carbocycles. The molecule has 108 valence electrons. The number of hydrogen-bond acceptors (Lipinski definition) is 2. The van der Waals surface area contributed by atoms with Crippen molar-refractivity contribution in [3.63, 3.8) is 0 Å². The molecule has 2 heteroatoms. The predicted molar refractivity (Wildman–Crippen MR) is 81.5 cm³/mol. The molecule has 2 aliphatic carbocycles. The molecule has 2 nitrogen and oxygen atoms in total. The average molecular weight is 280 g/mol. The Balaban J connectivity index is 1.67. The van der Waals surface area contributed by atoms with Crippen LogP contribution in [0, 0.1) is 11.8 Å². The molecule has 4 atom stereocenters. The third kappa shape index (κ3) is 1.79. The Bertz CT molecular complexity index is 582. The summed E-state index contributed by atoms with van der Waals surface area (Å²) < 4.78 is 0. The minimum absolute atomic E-state index is 0.134. The molecule has 0 unspecified atom stereocenters. The Morgan fingerprint density at radius 2 is 1.05 bits per heavy atom. The number of rotatable bonds is 2. The average Bonchev–Trinajstić information content (AvgIpc) is 3.04. The van der Waals surface area contributed by atoms with E-state index < -0.39 is 11.2 Å². The van der Waals surface area contributed by atoms with E-state index in [0.717, 1.165) is 17.5 Å². The van der Waals surface area contributed by atoms with Gasteiger partial charge in [-0.2, -0.15) is 0 Å². The van der Waals surface area contributed by atoms with Crippen LogP contribution >= 0.6 is 0 Å². The summed E-state index contributed by atoms with van der Waals surface area (Å²) in [6.07, 6.45) is 2.19. The van der Waals surface area contributed by atoms with Crippen molar-refractivity contribution in [1.82, 2.24) is 0 Å². The standard InChI is InChI=1S/C19H20O2/c20-18(14-7-3-1-4-8-14)12-17-11-16(18)13-19(17,21)15-9-5-2-6-10-15/h1-10,16-17,20-21H,11-13H2/t16-,17+,18-,19+. The fourth-order valence-electron chi connectivity index (χ4n) is 4.48. The van der Waals surface area contributed by atoms with Crippen molar-refractivity contribution in [3.8, 4) is 0 Å². The van der Waals surface area contributed by atoms with E-state index in [4.69, 9.17) is 0 Å². The minimum atomic E-state index is -0.771. The zero-order valence-corrected chi connectivity index (χ0v) is 11.9. The van der Waals surface area contributed by atoms with Crippen LogP contribution in [0.15, 0.2) is 60.7 Å². The zero-order chi connectivity index (χ0) is 14.5. The van der Waals surface area contributed by atoms with Gasteiger partial charge in [0, 0.05) is 0 Å². The maximum absolute atomic E-state index is 11.1. The van der Waals surface area contributed by atoms with Crippen molar-refractivity contribution >= 4 is 0 Å². The van der Waals surface area contributed by atoms with Gasteiger partial charge in [-0.05, 0) is 42.2 Å². The highest BCUT2D eigenvalue weighted by molar-refractivity contribution is 5.33. The largest absolute Gasteiger partial charge is 0.385 e. The van der Waals surface area contributed by atoms with Gasteiger partial charge in [0.05, 0.1) is 11.2 Å². The fourth-order valence-corrected chi connectivity index (χ4v) is 4.48. The molecule has 2 aromatic carbocycles. The van der Waals surface area contributed by atoms with Crippen LogP contribution in [0.5, 0.6) is 0 Å². The van der Waals surface area contributed by atoms with E-state index in [1.165, 1.54) is 0 Å². The Labute approximate surface area is 125 Å². The van der Waals surface area contributed by atoms with Gasteiger partial charge in [0.2, 0.25) is 0 Å². The Kier molecular flexibility index (Phi) is 2.75. The van der Waals surface area contributed by atoms with Gasteiger partial charge in [-0.1, -0.05) is 60.7 Å². The summed E-state index contributed by atoms with van der Waals surface area (Å²) in [5.41, 5.74) is 0.445. The summed E-state index contributed by atoms with van der Waals surface area (Å²) in [7, 11) is 0. The van der Waals surface area contributed by atoms with Gasteiger partial charge >= 0.3 is 0 Å². The number of benzene rings is 2. The number of hydrogen-bond donors (Lipinski definition) is 2. The maximum Gasteiger partial charge on any atom is 0.0929 e. The van der Waals surface area contributed by atoms with E-state index in [9.17, 15) is 10.2 Å². The highest BCUT2D eigenvalue weighted by Gasteiger charge is 2.61. The molecule has 2 bridgehead atoms. The predicted octanol–water partition coefficient (Wildman–Crippen LogP) is 3.19. The molecule has 4 rings (SSSR count). The van der Waals surface area contributed by atoms with Gasteiger partial charge in [0.1, 0.15) is 0 Å². The second-order valence-electron chi connectivity index (χ2n) is 6.62. The summed E-state index contributed by atoms with van der Waals surface area (Å²) in [5, 5.41) is 22.2. The van der Waals surface area contributed by atoms with E-state index >= 15 is 0 Å². The van der Waals surface area contributed by atoms with Gasteiger partial charge < -0.3 is 10.2 Å². The first-order chi connectivity index (χ1) is 10.1. The fraction of sp³-hybridized carbons (Fsp3) is 0.368. The molecule has 2 fully saturated rings. The number of aliphatic hydroxyl groups is 2. The lowest BCUT2D eigenvalue weighted by molar-refractivity contribution is -0.0974. The topological polar surface area (TPSA) is 40.5 Å². The van der Waals surface area contributed by atoms with Crippen LogP contribution < -0.4 is 0 Å². The van der Waals surface area contributed by atoms with Crippen molar-refractivity contribution in [2.75, 3.05) is 0 Å². The smallest absolute Gasteiger partial charge is 0.0929 e.